The number of carbonyl (C=O) groups is 1. The van der Waals surface area contributed by atoms with Crippen molar-refractivity contribution in [2.75, 3.05) is 13.1 Å². The molecule has 1 saturated carbocycles. The summed E-state index contributed by atoms with van der Waals surface area (Å²) in [4.78, 5) is 14.9. The van der Waals surface area contributed by atoms with Crippen LogP contribution in [0.3, 0.4) is 0 Å². The van der Waals surface area contributed by atoms with Crippen molar-refractivity contribution in [3.8, 4) is 0 Å². The van der Waals surface area contributed by atoms with Crippen LogP contribution in [0.2, 0.25) is 0 Å². The van der Waals surface area contributed by atoms with E-state index in [-0.39, 0.29) is 5.92 Å². The summed E-state index contributed by atoms with van der Waals surface area (Å²) < 4.78 is 2.31. The minimum Gasteiger partial charge on any atom is -0.342 e. The van der Waals surface area contributed by atoms with Crippen molar-refractivity contribution in [2.24, 2.45) is 5.92 Å². The summed E-state index contributed by atoms with van der Waals surface area (Å²) >= 11 is 0. The van der Waals surface area contributed by atoms with Crippen LogP contribution in [-0.4, -0.2) is 38.7 Å². The Labute approximate surface area is 148 Å². The minimum atomic E-state index is 0.205. The number of likely N-dealkylation sites (tertiary alicyclic amines) is 1. The van der Waals surface area contributed by atoms with E-state index < -0.39 is 0 Å². The van der Waals surface area contributed by atoms with Gasteiger partial charge in [-0.25, -0.2) is 0 Å². The molecular weight excluding hydrogens is 312 g/mol. The van der Waals surface area contributed by atoms with E-state index in [0.717, 1.165) is 57.0 Å². The molecule has 2 aliphatic heterocycles. The third-order valence-electron chi connectivity index (χ3n) is 6.15. The molecular formula is C20H24N4O. The lowest BCUT2D eigenvalue weighted by Crippen LogP contribution is -2.39. The zero-order chi connectivity index (χ0) is 16.8. The smallest absolute Gasteiger partial charge is 0.226 e. The molecule has 3 aliphatic rings. The van der Waals surface area contributed by atoms with Crippen LogP contribution in [0.4, 0.5) is 0 Å². The lowest BCUT2D eigenvalue weighted by Gasteiger charge is -2.32. The third kappa shape index (κ3) is 2.66. The Morgan fingerprint density at radius 1 is 1.04 bits per heavy atom. The highest BCUT2D eigenvalue weighted by molar-refractivity contribution is 5.83. The van der Waals surface area contributed by atoms with Gasteiger partial charge in [0, 0.05) is 37.9 Å². The molecule has 1 amide bonds. The average Bonchev–Trinajstić information content (AvgIpc) is 3.15. The van der Waals surface area contributed by atoms with Crippen molar-refractivity contribution in [1.82, 2.24) is 19.7 Å². The molecule has 130 valence electrons. The number of aromatic nitrogens is 3. The van der Waals surface area contributed by atoms with Gasteiger partial charge in [-0.3, -0.25) is 4.79 Å². The Morgan fingerprint density at radius 2 is 1.84 bits per heavy atom. The Bertz CT molecular complexity index is 776. The Morgan fingerprint density at radius 3 is 2.64 bits per heavy atom. The molecule has 1 aliphatic carbocycles. The molecule has 0 radical (unpaired) electrons. The van der Waals surface area contributed by atoms with E-state index in [1.807, 2.05) is 6.07 Å². The van der Waals surface area contributed by atoms with Gasteiger partial charge >= 0.3 is 0 Å². The molecule has 0 N–H and O–H groups in total. The van der Waals surface area contributed by atoms with Gasteiger partial charge in [-0.2, -0.15) is 0 Å². The van der Waals surface area contributed by atoms with Gasteiger partial charge in [-0.05, 0) is 37.2 Å². The van der Waals surface area contributed by atoms with Crippen molar-refractivity contribution in [3.63, 3.8) is 0 Å². The van der Waals surface area contributed by atoms with Crippen LogP contribution in [0.25, 0.3) is 0 Å². The number of rotatable bonds is 3. The van der Waals surface area contributed by atoms with Gasteiger partial charge < -0.3 is 9.47 Å². The highest BCUT2D eigenvalue weighted by Gasteiger charge is 2.46. The molecule has 3 heterocycles. The molecule has 5 heteroatoms. The van der Waals surface area contributed by atoms with E-state index in [4.69, 9.17) is 0 Å². The summed E-state index contributed by atoms with van der Waals surface area (Å²) in [6.45, 7) is 2.80. The van der Waals surface area contributed by atoms with Crippen molar-refractivity contribution in [1.29, 1.82) is 0 Å². The Hall–Kier alpha value is -2.17. The van der Waals surface area contributed by atoms with Crippen LogP contribution in [0.15, 0.2) is 30.3 Å². The van der Waals surface area contributed by atoms with E-state index >= 15 is 0 Å². The summed E-state index contributed by atoms with van der Waals surface area (Å²) in [7, 11) is 0. The summed E-state index contributed by atoms with van der Waals surface area (Å²) in [5.74, 6) is 3.78. The lowest BCUT2D eigenvalue weighted by molar-refractivity contribution is -0.133. The van der Waals surface area contributed by atoms with Gasteiger partial charge in [0.1, 0.15) is 11.6 Å². The fourth-order valence-corrected chi connectivity index (χ4v) is 4.60. The third-order valence-corrected chi connectivity index (χ3v) is 6.15. The summed E-state index contributed by atoms with van der Waals surface area (Å²) in [5.41, 5.74) is 1.31. The monoisotopic (exact) mass is 336 g/mol. The van der Waals surface area contributed by atoms with Gasteiger partial charge in [-0.1, -0.05) is 30.3 Å². The fraction of sp³-hybridized carbons (Fsp3) is 0.550. The highest BCUT2D eigenvalue weighted by Crippen LogP contribution is 2.48. The van der Waals surface area contributed by atoms with Gasteiger partial charge in [0.25, 0.3) is 0 Å². The van der Waals surface area contributed by atoms with E-state index in [0.29, 0.717) is 17.7 Å². The van der Waals surface area contributed by atoms with Gasteiger partial charge in [-0.15, -0.1) is 10.2 Å². The zero-order valence-electron chi connectivity index (χ0n) is 14.5. The van der Waals surface area contributed by atoms with Crippen molar-refractivity contribution >= 4 is 5.91 Å². The van der Waals surface area contributed by atoms with Crippen LogP contribution >= 0.6 is 0 Å². The van der Waals surface area contributed by atoms with Crippen LogP contribution < -0.4 is 0 Å². The number of aryl methyl sites for hydroxylation is 1. The molecule has 1 aromatic carbocycles. The molecule has 5 nitrogen and oxygen atoms in total. The molecule has 0 unspecified atom stereocenters. The first-order chi connectivity index (χ1) is 12.3. The summed E-state index contributed by atoms with van der Waals surface area (Å²) in [5, 5.41) is 8.78. The first-order valence-electron chi connectivity index (χ1n) is 9.57. The number of nitrogens with zero attached hydrogens (tertiary/aromatic N) is 4. The Kier molecular flexibility index (Phi) is 3.61. The average molecular weight is 336 g/mol. The second-order valence-electron chi connectivity index (χ2n) is 7.69. The standard InChI is InChI=1S/C20H24N4O/c25-20(17-13-16(17)14-5-2-1-3-6-14)23-11-8-15(9-12-23)19-22-21-18-7-4-10-24(18)19/h1-3,5-6,15-17H,4,7-13H2/t16-,17+/m0/s1. The van der Waals surface area contributed by atoms with E-state index in [9.17, 15) is 4.79 Å². The normalized spacial score (nSPS) is 25.8. The number of benzene rings is 1. The number of amides is 1. The van der Waals surface area contributed by atoms with Crippen LogP contribution in [-0.2, 0) is 17.8 Å². The number of fused-ring (bicyclic) bond motifs is 1. The highest BCUT2D eigenvalue weighted by atomic mass is 16.2. The first-order valence-corrected chi connectivity index (χ1v) is 9.57. The second kappa shape index (κ2) is 5.97. The first kappa shape index (κ1) is 15.1. The predicted octanol–water partition coefficient (Wildman–Crippen LogP) is 2.73. The minimum absolute atomic E-state index is 0.205. The molecule has 25 heavy (non-hydrogen) atoms. The van der Waals surface area contributed by atoms with Gasteiger partial charge in [0.15, 0.2) is 0 Å². The lowest BCUT2D eigenvalue weighted by atomic mass is 9.95. The van der Waals surface area contributed by atoms with Crippen molar-refractivity contribution in [2.45, 2.75) is 50.5 Å². The van der Waals surface area contributed by atoms with E-state index in [1.165, 1.54) is 12.0 Å². The maximum absolute atomic E-state index is 12.8. The largest absolute Gasteiger partial charge is 0.342 e. The molecule has 0 bridgehead atoms. The number of carbonyl (C=O) groups excluding carboxylic acids is 1. The SMILES string of the molecule is O=C([C@@H]1C[C@H]1c1ccccc1)N1CCC(c2nnc3n2CCC3)CC1. The topological polar surface area (TPSA) is 51.0 Å². The van der Waals surface area contributed by atoms with E-state index in [2.05, 4.69) is 43.9 Å². The maximum atomic E-state index is 12.8. The number of piperidine rings is 1. The van der Waals surface area contributed by atoms with Crippen LogP contribution in [0.5, 0.6) is 0 Å². The predicted molar refractivity (Wildman–Crippen MR) is 94.2 cm³/mol. The molecule has 2 atom stereocenters. The van der Waals surface area contributed by atoms with Crippen LogP contribution in [0, 0.1) is 5.92 Å². The molecule has 1 saturated heterocycles. The number of hydrogen-bond acceptors (Lipinski definition) is 3. The van der Waals surface area contributed by atoms with Gasteiger partial charge in [0.05, 0.1) is 0 Å². The molecule has 2 fully saturated rings. The summed E-state index contributed by atoms with van der Waals surface area (Å²) in [6, 6.07) is 10.5. The maximum Gasteiger partial charge on any atom is 0.226 e. The molecule has 1 aromatic heterocycles. The summed E-state index contributed by atoms with van der Waals surface area (Å²) in [6.07, 6.45) is 5.31. The zero-order valence-corrected chi connectivity index (χ0v) is 14.5. The quantitative estimate of drug-likeness (QED) is 0.866. The fourth-order valence-electron chi connectivity index (χ4n) is 4.60. The van der Waals surface area contributed by atoms with E-state index in [1.54, 1.807) is 0 Å². The number of hydrogen-bond donors (Lipinski definition) is 0. The Balaban J connectivity index is 1.20. The van der Waals surface area contributed by atoms with Crippen molar-refractivity contribution < 1.29 is 4.79 Å². The van der Waals surface area contributed by atoms with Crippen molar-refractivity contribution in [3.05, 3.63) is 47.5 Å². The van der Waals surface area contributed by atoms with Gasteiger partial charge in [0.2, 0.25) is 5.91 Å². The molecule has 2 aromatic rings. The second-order valence-corrected chi connectivity index (χ2v) is 7.69. The molecule has 0 spiro atoms. The molecule has 5 rings (SSSR count). The van der Waals surface area contributed by atoms with Crippen LogP contribution in [0.1, 0.15) is 54.7 Å².